The molecule has 0 radical (unpaired) electrons. The number of ether oxygens (including phenoxy) is 1. The van der Waals surface area contributed by atoms with Gasteiger partial charge in [-0.1, -0.05) is 30.3 Å². The van der Waals surface area contributed by atoms with E-state index >= 15 is 0 Å². The zero-order valence-corrected chi connectivity index (χ0v) is 22.7. The highest BCUT2D eigenvalue weighted by molar-refractivity contribution is 8.00. The quantitative estimate of drug-likeness (QED) is 0.283. The Kier molecular flexibility index (Phi) is 8.65. The molecule has 2 heterocycles. The Morgan fingerprint density at radius 1 is 0.947 bits per heavy atom. The van der Waals surface area contributed by atoms with Crippen LogP contribution < -0.4 is 0 Å². The summed E-state index contributed by atoms with van der Waals surface area (Å²) in [6, 6.07) is 19.3. The number of thioether (sulfide) groups is 1. The number of hydrogen-bond acceptors (Lipinski definition) is 5. The maximum atomic E-state index is 13.9. The van der Waals surface area contributed by atoms with Gasteiger partial charge in [0.1, 0.15) is 5.82 Å². The van der Waals surface area contributed by atoms with Gasteiger partial charge in [-0.15, -0.1) is 11.8 Å². The van der Waals surface area contributed by atoms with Gasteiger partial charge in [0.05, 0.1) is 12.9 Å². The molecule has 7 heteroatoms. The summed E-state index contributed by atoms with van der Waals surface area (Å²) in [7, 11) is 1.42. The molecule has 3 aromatic carbocycles. The number of fused-ring (bicyclic) bond motifs is 1. The molecule has 2 saturated heterocycles. The van der Waals surface area contributed by atoms with Crippen LogP contribution in [0.5, 0.6) is 0 Å². The Bertz CT molecular complexity index is 1270. The summed E-state index contributed by atoms with van der Waals surface area (Å²) in [6.07, 6.45) is 5.45. The van der Waals surface area contributed by atoms with E-state index in [0.29, 0.717) is 28.7 Å². The molecule has 5 nitrogen and oxygen atoms in total. The van der Waals surface area contributed by atoms with Gasteiger partial charge in [0, 0.05) is 29.6 Å². The zero-order chi connectivity index (χ0) is 26.5. The highest BCUT2D eigenvalue weighted by Gasteiger charge is 2.30. The molecule has 0 spiro atoms. The molecule has 3 aromatic rings. The second-order valence-electron chi connectivity index (χ2n) is 10.4. The van der Waals surface area contributed by atoms with Crippen LogP contribution >= 0.6 is 11.8 Å². The average molecular weight is 535 g/mol. The monoisotopic (exact) mass is 534 g/mol. The molecule has 2 aliphatic rings. The molecule has 38 heavy (non-hydrogen) atoms. The van der Waals surface area contributed by atoms with Gasteiger partial charge >= 0.3 is 5.97 Å². The van der Waals surface area contributed by atoms with Gasteiger partial charge in [-0.05, 0) is 97.8 Å². The first-order chi connectivity index (χ1) is 18.5. The van der Waals surface area contributed by atoms with E-state index in [1.807, 2.05) is 23.1 Å². The number of hydrogen-bond donors (Lipinski definition) is 0. The third kappa shape index (κ3) is 6.38. The molecule has 200 valence electrons. The van der Waals surface area contributed by atoms with Gasteiger partial charge in [0.15, 0.2) is 0 Å². The van der Waals surface area contributed by atoms with E-state index in [1.165, 1.54) is 49.4 Å². The Morgan fingerprint density at radius 3 is 2.39 bits per heavy atom. The maximum absolute atomic E-state index is 13.9. The number of carbonyl (C=O) groups is 2. The summed E-state index contributed by atoms with van der Waals surface area (Å²) < 4.78 is 18.6. The summed E-state index contributed by atoms with van der Waals surface area (Å²) in [5.74, 6) is 0.516. The third-order valence-corrected chi connectivity index (χ3v) is 9.01. The van der Waals surface area contributed by atoms with Crippen molar-refractivity contribution in [1.29, 1.82) is 0 Å². The topological polar surface area (TPSA) is 49.9 Å². The smallest absolute Gasteiger partial charge is 0.315 e. The molecule has 2 aliphatic heterocycles. The molecule has 0 N–H and O–H groups in total. The van der Waals surface area contributed by atoms with E-state index in [1.54, 1.807) is 6.07 Å². The molecule has 2 fully saturated rings. The molecule has 0 bridgehead atoms. The molecule has 0 saturated carbocycles. The molecule has 5 rings (SSSR count). The molecule has 0 aliphatic carbocycles. The number of halogens is 1. The number of nitrogens with zero attached hydrogens (tertiary/aromatic N) is 2. The van der Waals surface area contributed by atoms with Crippen molar-refractivity contribution < 1.29 is 18.7 Å². The number of carbonyl (C=O) groups excluding carboxylic acids is 2. The standard InChI is InChI=1S/C31H35FN2O3S/c1-37-30(35)21-38-27-9-5-22(6-10-27)19-23-11-15-33(16-12-23)26-13-17-34(18-14-26)31(36)28-4-2-3-24-7-8-25(32)20-29(24)28/h2-10,20,23,26H,11-19,21H2,1H3. The van der Waals surface area contributed by atoms with E-state index in [-0.39, 0.29) is 17.7 Å². The normalized spacial score (nSPS) is 17.6. The summed E-state index contributed by atoms with van der Waals surface area (Å²) in [6.45, 7) is 3.71. The average Bonchev–Trinajstić information content (AvgIpc) is 2.96. The van der Waals surface area contributed by atoms with Crippen molar-refractivity contribution in [3.8, 4) is 0 Å². The van der Waals surface area contributed by atoms with Crippen molar-refractivity contribution in [3.05, 3.63) is 77.6 Å². The highest BCUT2D eigenvalue weighted by atomic mass is 32.2. The fraction of sp³-hybridized carbons (Fsp3) is 0.419. The van der Waals surface area contributed by atoms with Crippen LogP contribution in [-0.2, 0) is 16.0 Å². The van der Waals surface area contributed by atoms with Crippen LogP contribution in [0.1, 0.15) is 41.6 Å². The second-order valence-corrected chi connectivity index (χ2v) is 11.4. The van der Waals surface area contributed by atoms with Crippen LogP contribution in [0.2, 0.25) is 0 Å². The summed E-state index contributed by atoms with van der Waals surface area (Å²) in [5, 5.41) is 1.58. The van der Waals surface area contributed by atoms with Crippen molar-refractivity contribution >= 4 is 34.4 Å². The maximum Gasteiger partial charge on any atom is 0.315 e. The predicted octanol–water partition coefficient (Wildman–Crippen LogP) is 5.80. The van der Waals surface area contributed by atoms with E-state index < -0.39 is 0 Å². The van der Waals surface area contributed by atoms with E-state index in [2.05, 4.69) is 29.2 Å². The summed E-state index contributed by atoms with van der Waals surface area (Å²) in [5.41, 5.74) is 1.95. The lowest BCUT2D eigenvalue weighted by Gasteiger charge is -2.42. The number of benzene rings is 3. The molecule has 0 aromatic heterocycles. The highest BCUT2D eigenvalue weighted by Crippen LogP contribution is 2.28. The van der Waals surface area contributed by atoms with Crippen molar-refractivity contribution in [1.82, 2.24) is 9.80 Å². The minimum absolute atomic E-state index is 0.00748. The SMILES string of the molecule is COC(=O)CSc1ccc(CC2CCN(C3CCN(C(=O)c4cccc5ccc(F)cc45)CC3)CC2)cc1. The first kappa shape index (κ1) is 26.7. The minimum Gasteiger partial charge on any atom is -0.468 e. The van der Waals surface area contributed by atoms with Crippen LogP contribution in [0.15, 0.2) is 65.6 Å². The van der Waals surface area contributed by atoms with Crippen LogP contribution in [0.4, 0.5) is 4.39 Å². The van der Waals surface area contributed by atoms with Crippen molar-refractivity contribution in [2.75, 3.05) is 39.0 Å². The summed E-state index contributed by atoms with van der Waals surface area (Å²) in [4.78, 5) is 30.3. The first-order valence-electron chi connectivity index (χ1n) is 13.5. The van der Waals surface area contributed by atoms with Crippen LogP contribution in [0, 0.1) is 11.7 Å². The summed E-state index contributed by atoms with van der Waals surface area (Å²) >= 11 is 1.50. The number of amides is 1. The third-order valence-electron chi connectivity index (χ3n) is 8.02. The minimum atomic E-state index is -0.313. The Balaban J connectivity index is 1.08. The number of rotatable bonds is 7. The number of likely N-dealkylation sites (tertiary alicyclic amines) is 2. The molecule has 0 unspecified atom stereocenters. The largest absolute Gasteiger partial charge is 0.468 e. The molecular formula is C31H35FN2O3S. The predicted molar refractivity (Wildman–Crippen MR) is 150 cm³/mol. The van der Waals surface area contributed by atoms with Gasteiger partial charge < -0.3 is 14.5 Å². The number of methoxy groups -OCH3 is 1. The van der Waals surface area contributed by atoms with Gasteiger partial charge in [0.2, 0.25) is 0 Å². The van der Waals surface area contributed by atoms with Gasteiger partial charge in [-0.2, -0.15) is 0 Å². The Morgan fingerprint density at radius 2 is 1.68 bits per heavy atom. The van der Waals surface area contributed by atoms with Crippen molar-refractivity contribution in [3.63, 3.8) is 0 Å². The first-order valence-corrected chi connectivity index (χ1v) is 14.5. The van der Waals surface area contributed by atoms with E-state index in [0.717, 1.165) is 55.7 Å². The van der Waals surface area contributed by atoms with Crippen LogP contribution in [-0.4, -0.2) is 66.8 Å². The van der Waals surface area contributed by atoms with Crippen LogP contribution in [0.25, 0.3) is 10.8 Å². The number of piperidine rings is 2. The lowest BCUT2D eigenvalue weighted by atomic mass is 9.88. The second kappa shape index (κ2) is 12.3. The molecule has 1 amide bonds. The Hall–Kier alpha value is -2.90. The van der Waals surface area contributed by atoms with Gasteiger partial charge in [-0.3, -0.25) is 9.59 Å². The molecule has 0 atom stereocenters. The van der Waals surface area contributed by atoms with Crippen molar-refractivity contribution in [2.45, 2.75) is 43.0 Å². The fourth-order valence-corrected chi connectivity index (χ4v) is 6.55. The zero-order valence-electron chi connectivity index (χ0n) is 21.9. The fourth-order valence-electron chi connectivity index (χ4n) is 5.81. The van der Waals surface area contributed by atoms with Gasteiger partial charge in [0.25, 0.3) is 5.91 Å². The number of esters is 1. The Labute approximate surface area is 228 Å². The van der Waals surface area contributed by atoms with Crippen molar-refractivity contribution in [2.24, 2.45) is 5.92 Å². The van der Waals surface area contributed by atoms with Crippen LogP contribution in [0.3, 0.4) is 0 Å². The lowest BCUT2D eigenvalue weighted by molar-refractivity contribution is -0.137. The lowest BCUT2D eigenvalue weighted by Crippen LogP contribution is -2.49. The molecular weight excluding hydrogens is 499 g/mol. The van der Waals surface area contributed by atoms with Gasteiger partial charge in [-0.25, -0.2) is 4.39 Å². The van der Waals surface area contributed by atoms with E-state index in [9.17, 15) is 14.0 Å². The van der Waals surface area contributed by atoms with E-state index in [4.69, 9.17) is 4.74 Å².